The first kappa shape index (κ1) is 12.1. The van der Waals surface area contributed by atoms with Crippen LogP contribution in [0.4, 0.5) is 0 Å². The number of ether oxygens (including phenoxy) is 1. The smallest absolute Gasteiger partial charge is 0.262 e. The highest BCUT2D eigenvalue weighted by atomic mass is 16.5. The first-order valence-electron chi connectivity index (χ1n) is 4.38. The Morgan fingerprint density at radius 1 is 1.69 bits per heavy atom. The van der Waals surface area contributed by atoms with Crippen LogP contribution in [0, 0.1) is 0 Å². The van der Waals surface area contributed by atoms with Crippen LogP contribution in [0.25, 0.3) is 0 Å². The SMILES string of the molecule is C=C(C)CCOC(CC)C(=O)NN. The van der Waals surface area contributed by atoms with E-state index >= 15 is 0 Å². The van der Waals surface area contributed by atoms with Gasteiger partial charge in [-0.2, -0.15) is 0 Å². The predicted molar refractivity (Wildman–Crippen MR) is 51.8 cm³/mol. The Kier molecular flexibility index (Phi) is 6.18. The van der Waals surface area contributed by atoms with E-state index in [-0.39, 0.29) is 5.91 Å². The fraction of sp³-hybridized carbons (Fsp3) is 0.667. The third kappa shape index (κ3) is 5.38. The van der Waals surface area contributed by atoms with Gasteiger partial charge in [-0.15, -0.1) is 6.58 Å². The Labute approximate surface area is 79.1 Å². The molecule has 0 aromatic rings. The number of nitrogens with two attached hydrogens (primary N) is 1. The number of carbonyl (C=O) groups excluding carboxylic acids is 1. The molecular weight excluding hydrogens is 168 g/mol. The average Bonchev–Trinajstić information content (AvgIpc) is 2.11. The van der Waals surface area contributed by atoms with Crippen LogP contribution >= 0.6 is 0 Å². The summed E-state index contributed by atoms with van der Waals surface area (Å²) in [7, 11) is 0. The lowest BCUT2D eigenvalue weighted by atomic mass is 10.2. The first-order chi connectivity index (χ1) is 6.11. The van der Waals surface area contributed by atoms with E-state index in [1.54, 1.807) is 0 Å². The van der Waals surface area contributed by atoms with Crippen LogP contribution < -0.4 is 11.3 Å². The molecule has 76 valence electrons. The van der Waals surface area contributed by atoms with E-state index in [1.165, 1.54) is 0 Å². The molecule has 0 fully saturated rings. The fourth-order valence-electron chi connectivity index (χ4n) is 0.847. The van der Waals surface area contributed by atoms with Gasteiger partial charge in [0.2, 0.25) is 0 Å². The molecule has 0 spiro atoms. The standard InChI is InChI=1S/C9H18N2O2/c1-4-8(9(12)11-10)13-6-5-7(2)3/h8H,2,4-6,10H2,1,3H3,(H,11,12). The fourth-order valence-corrected chi connectivity index (χ4v) is 0.847. The lowest BCUT2D eigenvalue weighted by Gasteiger charge is -2.13. The zero-order valence-electron chi connectivity index (χ0n) is 8.30. The maximum absolute atomic E-state index is 11.0. The average molecular weight is 186 g/mol. The molecule has 0 aromatic heterocycles. The molecule has 0 aromatic carbocycles. The summed E-state index contributed by atoms with van der Waals surface area (Å²) in [5.41, 5.74) is 3.11. The van der Waals surface area contributed by atoms with Gasteiger partial charge < -0.3 is 4.74 Å². The van der Waals surface area contributed by atoms with E-state index in [0.717, 1.165) is 12.0 Å². The predicted octanol–water partition coefficient (Wildman–Crippen LogP) is 0.738. The summed E-state index contributed by atoms with van der Waals surface area (Å²) < 4.78 is 5.30. The second-order valence-corrected chi connectivity index (χ2v) is 2.98. The summed E-state index contributed by atoms with van der Waals surface area (Å²) in [6.45, 7) is 8.05. The highest BCUT2D eigenvalue weighted by molar-refractivity contribution is 5.79. The maximum atomic E-state index is 11.0. The monoisotopic (exact) mass is 186 g/mol. The van der Waals surface area contributed by atoms with Crippen LogP contribution in [0.3, 0.4) is 0 Å². The topological polar surface area (TPSA) is 64.3 Å². The molecule has 0 saturated heterocycles. The molecule has 0 rings (SSSR count). The molecule has 0 bridgehead atoms. The van der Waals surface area contributed by atoms with E-state index in [2.05, 4.69) is 12.0 Å². The van der Waals surface area contributed by atoms with Gasteiger partial charge in [-0.3, -0.25) is 10.2 Å². The number of hydrazine groups is 1. The van der Waals surface area contributed by atoms with Gasteiger partial charge in [0, 0.05) is 0 Å². The first-order valence-corrected chi connectivity index (χ1v) is 4.38. The van der Waals surface area contributed by atoms with Crippen molar-refractivity contribution in [2.45, 2.75) is 32.8 Å². The van der Waals surface area contributed by atoms with Gasteiger partial charge >= 0.3 is 0 Å². The molecule has 1 atom stereocenters. The quantitative estimate of drug-likeness (QED) is 0.278. The van der Waals surface area contributed by atoms with Crippen molar-refractivity contribution in [3.8, 4) is 0 Å². The highest BCUT2D eigenvalue weighted by Crippen LogP contribution is 2.02. The zero-order chi connectivity index (χ0) is 10.3. The van der Waals surface area contributed by atoms with E-state index < -0.39 is 6.10 Å². The van der Waals surface area contributed by atoms with E-state index in [0.29, 0.717) is 13.0 Å². The molecule has 1 unspecified atom stereocenters. The third-order valence-electron chi connectivity index (χ3n) is 1.65. The van der Waals surface area contributed by atoms with Crippen LogP contribution in [0.5, 0.6) is 0 Å². The van der Waals surface area contributed by atoms with E-state index in [1.807, 2.05) is 13.8 Å². The molecule has 0 aliphatic carbocycles. The summed E-state index contributed by atoms with van der Waals surface area (Å²) in [5.74, 6) is 4.71. The van der Waals surface area contributed by atoms with Gasteiger partial charge in [0.1, 0.15) is 6.10 Å². The highest BCUT2D eigenvalue weighted by Gasteiger charge is 2.14. The lowest BCUT2D eigenvalue weighted by Crippen LogP contribution is -2.40. The van der Waals surface area contributed by atoms with Crippen molar-refractivity contribution in [3.63, 3.8) is 0 Å². The van der Waals surface area contributed by atoms with Gasteiger partial charge in [0.15, 0.2) is 0 Å². The van der Waals surface area contributed by atoms with Gasteiger partial charge in [-0.25, -0.2) is 5.84 Å². The minimum Gasteiger partial charge on any atom is -0.368 e. The van der Waals surface area contributed by atoms with Crippen molar-refractivity contribution in [1.29, 1.82) is 0 Å². The van der Waals surface area contributed by atoms with Crippen LogP contribution in [0.2, 0.25) is 0 Å². The Morgan fingerprint density at radius 2 is 2.31 bits per heavy atom. The van der Waals surface area contributed by atoms with Gasteiger partial charge in [0.25, 0.3) is 5.91 Å². The largest absolute Gasteiger partial charge is 0.368 e. The van der Waals surface area contributed by atoms with Crippen molar-refractivity contribution in [3.05, 3.63) is 12.2 Å². The van der Waals surface area contributed by atoms with Crippen LogP contribution in [0.1, 0.15) is 26.7 Å². The van der Waals surface area contributed by atoms with Crippen LogP contribution in [-0.2, 0) is 9.53 Å². The summed E-state index contributed by atoms with van der Waals surface area (Å²) in [6.07, 6.45) is 0.956. The van der Waals surface area contributed by atoms with Crippen molar-refractivity contribution in [1.82, 2.24) is 5.43 Å². The molecule has 0 radical (unpaired) electrons. The third-order valence-corrected chi connectivity index (χ3v) is 1.65. The summed E-state index contributed by atoms with van der Waals surface area (Å²) >= 11 is 0. The number of rotatable bonds is 6. The molecule has 4 nitrogen and oxygen atoms in total. The van der Waals surface area contributed by atoms with Crippen molar-refractivity contribution >= 4 is 5.91 Å². The molecule has 0 heterocycles. The number of carbonyl (C=O) groups is 1. The molecule has 0 saturated carbocycles. The second kappa shape index (κ2) is 6.62. The Morgan fingerprint density at radius 3 is 2.69 bits per heavy atom. The zero-order valence-corrected chi connectivity index (χ0v) is 8.30. The summed E-state index contributed by atoms with van der Waals surface area (Å²) in [6, 6.07) is 0. The van der Waals surface area contributed by atoms with Crippen molar-refractivity contribution in [2.75, 3.05) is 6.61 Å². The van der Waals surface area contributed by atoms with Gasteiger partial charge in [-0.05, 0) is 19.8 Å². The molecule has 13 heavy (non-hydrogen) atoms. The molecule has 0 aliphatic heterocycles. The summed E-state index contributed by atoms with van der Waals surface area (Å²) in [4.78, 5) is 11.0. The number of hydrogen-bond donors (Lipinski definition) is 2. The number of nitrogens with one attached hydrogen (secondary N) is 1. The molecule has 4 heteroatoms. The Bertz CT molecular complexity index is 180. The summed E-state index contributed by atoms with van der Waals surface area (Å²) in [5, 5.41) is 0. The van der Waals surface area contributed by atoms with Gasteiger partial charge in [-0.1, -0.05) is 12.5 Å². The Hall–Kier alpha value is -0.870. The molecular formula is C9H18N2O2. The maximum Gasteiger partial charge on any atom is 0.262 e. The van der Waals surface area contributed by atoms with Crippen molar-refractivity contribution < 1.29 is 9.53 Å². The molecule has 3 N–H and O–H groups in total. The van der Waals surface area contributed by atoms with E-state index in [9.17, 15) is 4.79 Å². The normalized spacial score (nSPS) is 12.2. The molecule has 1 amide bonds. The van der Waals surface area contributed by atoms with Crippen molar-refractivity contribution in [2.24, 2.45) is 5.84 Å². The minimum atomic E-state index is -0.440. The minimum absolute atomic E-state index is 0.274. The molecule has 0 aliphatic rings. The lowest BCUT2D eigenvalue weighted by molar-refractivity contribution is -0.133. The van der Waals surface area contributed by atoms with Gasteiger partial charge in [0.05, 0.1) is 6.61 Å². The van der Waals surface area contributed by atoms with Crippen LogP contribution in [-0.4, -0.2) is 18.6 Å². The van der Waals surface area contributed by atoms with Crippen LogP contribution in [0.15, 0.2) is 12.2 Å². The number of hydrogen-bond acceptors (Lipinski definition) is 3. The number of amides is 1. The van der Waals surface area contributed by atoms with E-state index in [4.69, 9.17) is 10.6 Å². The Balaban J connectivity index is 3.72. The second-order valence-electron chi connectivity index (χ2n) is 2.98.